The van der Waals surface area contributed by atoms with Gasteiger partial charge in [0.05, 0.1) is 23.3 Å². The van der Waals surface area contributed by atoms with E-state index in [-0.39, 0.29) is 16.9 Å². The molecule has 0 radical (unpaired) electrons. The molecule has 3 nitrogen and oxygen atoms in total. The molecular formula is C28H35NO2S. The maximum atomic E-state index is 10.7. The van der Waals surface area contributed by atoms with Crippen molar-refractivity contribution in [3.8, 4) is 16.3 Å². The van der Waals surface area contributed by atoms with E-state index in [9.17, 15) is 5.11 Å². The average molecular weight is 450 g/mol. The number of ether oxygens (including phenoxy) is 1. The van der Waals surface area contributed by atoms with E-state index >= 15 is 0 Å². The number of aromatic nitrogens is 1. The Kier molecular flexibility index (Phi) is 4.86. The van der Waals surface area contributed by atoms with Crippen LogP contribution in [0.4, 0.5) is 0 Å². The summed E-state index contributed by atoms with van der Waals surface area (Å²) < 4.78 is 5.73. The smallest absolute Gasteiger partial charge is 0.124 e. The lowest BCUT2D eigenvalue weighted by Crippen LogP contribution is -2.50. The molecule has 1 aromatic carbocycles. The van der Waals surface area contributed by atoms with Crippen molar-refractivity contribution in [1.29, 1.82) is 0 Å². The van der Waals surface area contributed by atoms with Crippen LogP contribution < -0.4 is 4.74 Å². The number of allylic oxidation sites excluding steroid dienone is 2. The summed E-state index contributed by atoms with van der Waals surface area (Å²) in [7, 11) is 0. The van der Waals surface area contributed by atoms with E-state index in [1.165, 1.54) is 48.2 Å². The Bertz CT molecular complexity index is 1070. The Morgan fingerprint density at radius 3 is 2.88 bits per heavy atom. The molecule has 6 atom stereocenters. The largest absolute Gasteiger partial charge is 0.494 e. The lowest BCUT2D eigenvalue weighted by atomic mass is 9.48. The highest BCUT2D eigenvalue weighted by molar-refractivity contribution is 7.16. The Labute approximate surface area is 195 Å². The molecule has 1 N–H and O–H groups in total. The predicted molar refractivity (Wildman–Crippen MR) is 131 cm³/mol. The topological polar surface area (TPSA) is 42.4 Å². The van der Waals surface area contributed by atoms with Crippen LogP contribution in [0.5, 0.6) is 5.75 Å². The zero-order chi connectivity index (χ0) is 22.1. The highest BCUT2D eigenvalue weighted by Crippen LogP contribution is 2.66. The van der Waals surface area contributed by atoms with E-state index in [1.54, 1.807) is 5.57 Å². The van der Waals surface area contributed by atoms with Gasteiger partial charge in [0.1, 0.15) is 10.8 Å². The molecule has 0 saturated heterocycles. The lowest BCUT2D eigenvalue weighted by Gasteiger charge is -2.56. The van der Waals surface area contributed by atoms with Gasteiger partial charge >= 0.3 is 0 Å². The van der Waals surface area contributed by atoms with Crippen LogP contribution in [0.3, 0.4) is 0 Å². The second kappa shape index (κ2) is 7.43. The first kappa shape index (κ1) is 20.9. The number of aryl methyl sites for hydroxylation is 1. The predicted octanol–water partition coefficient (Wildman–Crippen LogP) is 6.75. The molecule has 4 heteroatoms. The molecule has 4 aliphatic carbocycles. The van der Waals surface area contributed by atoms with Crippen LogP contribution in [0.15, 0.2) is 30.3 Å². The van der Waals surface area contributed by atoms with Crippen molar-refractivity contribution in [1.82, 2.24) is 4.98 Å². The summed E-state index contributed by atoms with van der Waals surface area (Å²) >= 11 is 1.88. The number of hydrogen-bond acceptors (Lipinski definition) is 4. The quantitative estimate of drug-likeness (QED) is 0.563. The van der Waals surface area contributed by atoms with Gasteiger partial charge in [-0.05, 0) is 98.2 Å². The summed E-state index contributed by atoms with van der Waals surface area (Å²) in [6, 6.07) is 8.39. The minimum Gasteiger partial charge on any atom is -0.494 e. The summed E-state index contributed by atoms with van der Waals surface area (Å²) in [6.45, 7) is 7.63. The SMILES string of the molecule is CCOc1cccc(-c2nc3c(s2)C2=CC[C@@H]4[C@H](CC[C@]5(C)C(O)CC[C@@H]45)[C@@]2(C)CC3)c1. The minimum absolute atomic E-state index is 0.0962. The number of hydrogen-bond donors (Lipinski definition) is 1. The third-order valence-electron chi connectivity index (χ3n) is 9.63. The van der Waals surface area contributed by atoms with E-state index in [0.29, 0.717) is 12.5 Å². The lowest BCUT2D eigenvalue weighted by molar-refractivity contribution is -0.0579. The molecule has 32 heavy (non-hydrogen) atoms. The average Bonchev–Trinajstić information content (AvgIpc) is 3.35. The molecule has 4 aliphatic rings. The van der Waals surface area contributed by atoms with E-state index in [4.69, 9.17) is 9.72 Å². The van der Waals surface area contributed by atoms with Crippen LogP contribution in [-0.2, 0) is 6.42 Å². The van der Waals surface area contributed by atoms with E-state index in [1.807, 2.05) is 24.3 Å². The monoisotopic (exact) mass is 449 g/mol. The van der Waals surface area contributed by atoms with Crippen LogP contribution in [0.2, 0.25) is 0 Å². The summed E-state index contributed by atoms with van der Waals surface area (Å²) in [5.74, 6) is 3.08. The standard InChI is InChI=1S/C28H35NO2S/c1-4-31-18-7-5-6-17(16-18)26-29-23-13-15-27(2)21-12-14-28(3)20(10-11-24(28)30)19(21)8-9-22(27)25(23)32-26/h5-7,9,16,19-21,24,30H,4,8,10-15H2,1-3H3/t19-,20-,21-,24?,27+,28-/m0/s1. The molecule has 0 aliphatic heterocycles. The highest BCUT2D eigenvalue weighted by Gasteiger charge is 2.58. The Morgan fingerprint density at radius 1 is 1.16 bits per heavy atom. The molecule has 2 saturated carbocycles. The van der Waals surface area contributed by atoms with Crippen molar-refractivity contribution in [2.45, 2.75) is 71.8 Å². The van der Waals surface area contributed by atoms with Gasteiger partial charge in [0.25, 0.3) is 0 Å². The van der Waals surface area contributed by atoms with Crippen molar-refractivity contribution in [3.63, 3.8) is 0 Å². The summed E-state index contributed by atoms with van der Waals surface area (Å²) in [6.07, 6.45) is 10.6. The van der Waals surface area contributed by atoms with Gasteiger partial charge in [-0.2, -0.15) is 0 Å². The van der Waals surface area contributed by atoms with Gasteiger partial charge in [0.2, 0.25) is 0 Å². The number of benzene rings is 1. The Balaban J connectivity index is 1.36. The van der Waals surface area contributed by atoms with Crippen LogP contribution in [0.1, 0.15) is 69.9 Å². The van der Waals surface area contributed by atoms with Gasteiger partial charge in [-0.1, -0.05) is 32.1 Å². The van der Waals surface area contributed by atoms with Crippen LogP contribution in [0, 0.1) is 28.6 Å². The van der Waals surface area contributed by atoms with Crippen molar-refractivity contribution in [2.24, 2.45) is 28.6 Å². The Morgan fingerprint density at radius 2 is 2.03 bits per heavy atom. The molecule has 2 fully saturated rings. The van der Waals surface area contributed by atoms with Crippen LogP contribution in [0.25, 0.3) is 16.1 Å². The van der Waals surface area contributed by atoms with Gasteiger partial charge in [0, 0.05) is 5.56 Å². The van der Waals surface area contributed by atoms with Gasteiger partial charge in [-0.15, -0.1) is 11.3 Å². The van der Waals surface area contributed by atoms with Gasteiger partial charge in [-0.25, -0.2) is 4.98 Å². The number of nitrogens with zero attached hydrogens (tertiary/aromatic N) is 1. The maximum Gasteiger partial charge on any atom is 0.124 e. The molecule has 1 unspecified atom stereocenters. The summed E-state index contributed by atoms with van der Waals surface area (Å²) in [5.41, 5.74) is 4.44. The molecule has 1 aromatic heterocycles. The van der Waals surface area contributed by atoms with Gasteiger partial charge < -0.3 is 9.84 Å². The van der Waals surface area contributed by atoms with Gasteiger partial charge in [-0.3, -0.25) is 0 Å². The van der Waals surface area contributed by atoms with E-state index in [0.717, 1.165) is 35.4 Å². The molecule has 1 heterocycles. The fourth-order valence-electron chi connectivity index (χ4n) is 7.86. The van der Waals surface area contributed by atoms with Crippen molar-refractivity contribution in [2.75, 3.05) is 6.61 Å². The summed E-state index contributed by atoms with van der Waals surface area (Å²) in [4.78, 5) is 6.55. The van der Waals surface area contributed by atoms with Crippen LogP contribution in [-0.4, -0.2) is 22.8 Å². The Hall–Kier alpha value is -1.65. The number of aliphatic hydroxyl groups excluding tert-OH is 1. The van der Waals surface area contributed by atoms with Crippen molar-refractivity contribution in [3.05, 3.63) is 40.9 Å². The number of fused-ring (bicyclic) bond motifs is 7. The molecule has 0 amide bonds. The van der Waals surface area contributed by atoms with Crippen LogP contribution >= 0.6 is 11.3 Å². The minimum atomic E-state index is -0.0962. The third kappa shape index (κ3) is 2.91. The molecule has 0 spiro atoms. The maximum absolute atomic E-state index is 10.7. The molecule has 170 valence electrons. The second-order valence-electron chi connectivity index (χ2n) is 11.0. The van der Waals surface area contributed by atoms with Crippen molar-refractivity contribution < 1.29 is 9.84 Å². The zero-order valence-electron chi connectivity index (χ0n) is 19.6. The van der Waals surface area contributed by atoms with Gasteiger partial charge in [0.15, 0.2) is 0 Å². The van der Waals surface area contributed by atoms with Crippen molar-refractivity contribution >= 4 is 16.9 Å². The summed E-state index contributed by atoms with van der Waals surface area (Å²) in [5, 5.41) is 11.9. The normalized spacial score (nSPS) is 37.7. The molecule has 6 rings (SSSR count). The highest BCUT2D eigenvalue weighted by atomic mass is 32.1. The van der Waals surface area contributed by atoms with E-state index in [2.05, 4.69) is 38.1 Å². The number of aliphatic hydroxyl groups is 1. The fraction of sp³-hybridized carbons (Fsp3) is 0.607. The first-order chi connectivity index (χ1) is 15.4. The first-order valence-corrected chi connectivity index (χ1v) is 13.4. The third-order valence-corrected chi connectivity index (χ3v) is 10.8. The molecular weight excluding hydrogens is 414 g/mol. The van der Waals surface area contributed by atoms with E-state index < -0.39 is 0 Å². The first-order valence-electron chi connectivity index (χ1n) is 12.6. The zero-order valence-corrected chi connectivity index (χ0v) is 20.4. The molecule has 0 bridgehead atoms. The number of rotatable bonds is 3. The number of thiazole rings is 1. The second-order valence-corrected chi connectivity index (χ2v) is 12.0. The fourth-order valence-corrected chi connectivity index (χ4v) is 9.14. The molecule has 2 aromatic rings.